The second-order valence-corrected chi connectivity index (χ2v) is 12.8. The number of hydrogen-bond donors (Lipinski definition) is 3. The van der Waals surface area contributed by atoms with Crippen LogP contribution in [0.4, 0.5) is 10.5 Å². The van der Waals surface area contributed by atoms with Gasteiger partial charge in [0.25, 0.3) is 0 Å². The Morgan fingerprint density at radius 1 is 1.05 bits per heavy atom. The van der Waals surface area contributed by atoms with E-state index in [1.54, 1.807) is 4.90 Å². The molecule has 0 aliphatic carbocycles. The normalized spacial score (nSPS) is 22.0. The van der Waals surface area contributed by atoms with Crippen LogP contribution in [0.3, 0.4) is 0 Å². The number of fused-ring (bicyclic) bond motifs is 4. The summed E-state index contributed by atoms with van der Waals surface area (Å²) in [7, 11) is 0. The molecule has 4 heterocycles. The first-order valence-corrected chi connectivity index (χ1v) is 14.3. The highest BCUT2D eigenvalue weighted by molar-refractivity contribution is 5.96. The minimum absolute atomic E-state index is 0.0523. The number of hydrogen-bond acceptors (Lipinski definition) is 4. The molecule has 1 fully saturated rings. The first-order valence-electron chi connectivity index (χ1n) is 14.3. The molecule has 1 saturated heterocycles. The molecule has 4 amide bonds. The maximum absolute atomic E-state index is 13.8. The number of H-pyrrole nitrogens is 1. The molecule has 3 aromatic rings. The van der Waals surface area contributed by atoms with Crippen molar-refractivity contribution in [3.8, 4) is 0 Å². The molecule has 9 nitrogen and oxygen atoms in total. The number of nitrogens with one attached hydrogen (secondary N) is 3. The Bertz CT molecular complexity index is 1450. The van der Waals surface area contributed by atoms with Gasteiger partial charge in [-0.15, -0.1) is 0 Å². The van der Waals surface area contributed by atoms with E-state index in [0.29, 0.717) is 32.6 Å². The number of amides is 4. The summed E-state index contributed by atoms with van der Waals surface area (Å²) in [6.45, 7) is 8.58. The van der Waals surface area contributed by atoms with Crippen LogP contribution in [0.25, 0.3) is 10.9 Å². The highest BCUT2D eigenvalue weighted by atomic mass is 16.2. The number of carbonyl (C=O) groups is 3. The topological polar surface area (TPSA) is 110 Å². The lowest BCUT2D eigenvalue weighted by molar-refractivity contribution is -0.134. The van der Waals surface area contributed by atoms with Gasteiger partial charge in [-0.1, -0.05) is 45.0 Å². The zero-order valence-electron chi connectivity index (χ0n) is 23.5. The minimum Gasteiger partial charge on any atom is -0.336 e. The van der Waals surface area contributed by atoms with Crippen LogP contribution >= 0.6 is 0 Å². The fourth-order valence-corrected chi connectivity index (χ4v) is 6.62. The molecule has 3 aliphatic rings. The number of likely N-dealkylation sites (tertiary alicyclic amines) is 1. The molecule has 40 heavy (non-hydrogen) atoms. The van der Waals surface area contributed by atoms with Crippen molar-refractivity contribution in [2.75, 3.05) is 25.0 Å². The van der Waals surface area contributed by atoms with E-state index in [4.69, 9.17) is 0 Å². The Hall–Kier alpha value is -3.88. The number of piperidine rings is 1. The zero-order chi connectivity index (χ0) is 28.0. The zero-order valence-corrected chi connectivity index (χ0v) is 23.5. The maximum atomic E-state index is 13.8. The minimum atomic E-state index is -0.640. The van der Waals surface area contributed by atoms with Gasteiger partial charge in [-0.2, -0.15) is 5.10 Å². The van der Waals surface area contributed by atoms with Gasteiger partial charge in [-0.25, -0.2) is 4.79 Å². The summed E-state index contributed by atoms with van der Waals surface area (Å²) in [6.07, 6.45) is 4.54. The molecule has 0 spiro atoms. The van der Waals surface area contributed by atoms with Gasteiger partial charge >= 0.3 is 6.03 Å². The molecule has 9 heteroatoms. The van der Waals surface area contributed by atoms with E-state index in [1.807, 2.05) is 41.4 Å². The van der Waals surface area contributed by atoms with Crippen LogP contribution < -0.4 is 10.6 Å². The molecule has 3 aliphatic heterocycles. The van der Waals surface area contributed by atoms with Gasteiger partial charge in [0.2, 0.25) is 11.8 Å². The molecular formula is C31H38N6O3. The number of rotatable bonds is 3. The monoisotopic (exact) mass is 542 g/mol. The Labute approximate surface area is 234 Å². The van der Waals surface area contributed by atoms with Crippen LogP contribution in [-0.2, 0) is 29.0 Å². The summed E-state index contributed by atoms with van der Waals surface area (Å²) in [5.74, 6) is 0.174. The maximum Gasteiger partial charge on any atom is 0.318 e. The molecule has 1 aromatic heterocycles. The van der Waals surface area contributed by atoms with Gasteiger partial charge in [-0.3, -0.25) is 14.7 Å². The number of anilines is 1. The SMILES string of the molecule is CC(C)(C)CN1Cc2c(ccc3[nH]ncc23)C[C@@H](NC(=O)N2CCC(C3Cc4ccccc4NC3=O)CC2)C1=O. The van der Waals surface area contributed by atoms with Crippen molar-refractivity contribution in [1.29, 1.82) is 0 Å². The van der Waals surface area contributed by atoms with Crippen molar-refractivity contribution < 1.29 is 14.4 Å². The van der Waals surface area contributed by atoms with Gasteiger partial charge in [0.05, 0.1) is 11.7 Å². The summed E-state index contributed by atoms with van der Waals surface area (Å²) < 4.78 is 0. The van der Waals surface area contributed by atoms with E-state index in [0.717, 1.165) is 47.0 Å². The second-order valence-electron chi connectivity index (χ2n) is 12.8. The molecule has 3 N–H and O–H groups in total. The van der Waals surface area contributed by atoms with Crippen LogP contribution in [0.5, 0.6) is 0 Å². The van der Waals surface area contributed by atoms with E-state index in [2.05, 4.69) is 47.7 Å². The van der Waals surface area contributed by atoms with Crippen molar-refractivity contribution in [3.63, 3.8) is 0 Å². The number of aromatic nitrogens is 2. The highest BCUT2D eigenvalue weighted by Crippen LogP contribution is 2.34. The van der Waals surface area contributed by atoms with E-state index < -0.39 is 6.04 Å². The van der Waals surface area contributed by atoms with E-state index >= 15 is 0 Å². The molecule has 6 rings (SSSR count). The summed E-state index contributed by atoms with van der Waals surface area (Å²) in [4.78, 5) is 43.8. The van der Waals surface area contributed by atoms with Gasteiger partial charge in [0.15, 0.2) is 0 Å². The summed E-state index contributed by atoms with van der Waals surface area (Å²) in [5.41, 5.74) is 5.09. The lowest BCUT2D eigenvalue weighted by Gasteiger charge is -2.38. The predicted molar refractivity (Wildman–Crippen MR) is 154 cm³/mol. The molecule has 0 saturated carbocycles. The molecule has 210 valence electrons. The molecule has 2 aromatic carbocycles. The van der Waals surface area contributed by atoms with Crippen molar-refractivity contribution >= 4 is 34.4 Å². The standard InChI is InChI=1S/C31H38N6O3/c1-31(2,3)18-37-17-24-20(8-9-26-23(24)16-32-35-26)15-27(29(37)39)34-30(40)36-12-10-19(11-13-36)22-14-21-6-4-5-7-25(21)33-28(22)38/h4-9,16,19,22,27H,10-15,17-18H2,1-3H3,(H,32,35)(H,33,38)(H,34,40)/t22?,27-/m1/s1. The van der Waals surface area contributed by atoms with E-state index in [9.17, 15) is 14.4 Å². The fraction of sp³-hybridized carbons (Fsp3) is 0.484. The second kappa shape index (κ2) is 10.3. The Balaban J connectivity index is 1.14. The first-order chi connectivity index (χ1) is 19.2. The number of urea groups is 1. The Kier molecular flexibility index (Phi) is 6.76. The molecule has 0 bridgehead atoms. The lowest BCUT2D eigenvalue weighted by atomic mass is 9.78. The molecular weight excluding hydrogens is 504 g/mol. The van der Waals surface area contributed by atoms with Crippen LogP contribution in [0, 0.1) is 17.3 Å². The Morgan fingerprint density at radius 2 is 1.82 bits per heavy atom. The number of carbonyl (C=O) groups excluding carboxylic acids is 3. The van der Waals surface area contributed by atoms with E-state index in [1.165, 1.54) is 5.56 Å². The number of para-hydroxylation sites is 1. The van der Waals surface area contributed by atoms with Gasteiger partial charge in [0.1, 0.15) is 6.04 Å². The van der Waals surface area contributed by atoms with Crippen molar-refractivity contribution in [1.82, 2.24) is 25.3 Å². The largest absolute Gasteiger partial charge is 0.336 e. The third-order valence-corrected chi connectivity index (χ3v) is 8.63. The van der Waals surface area contributed by atoms with E-state index in [-0.39, 0.29) is 35.1 Å². The highest BCUT2D eigenvalue weighted by Gasteiger charge is 2.38. The Morgan fingerprint density at radius 3 is 2.60 bits per heavy atom. The third kappa shape index (κ3) is 5.17. The van der Waals surface area contributed by atoms with Gasteiger partial charge in [-0.05, 0) is 59.4 Å². The van der Waals surface area contributed by atoms with Crippen LogP contribution in [0.1, 0.15) is 50.3 Å². The average molecular weight is 543 g/mol. The van der Waals surface area contributed by atoms with Crippen LogP contribution in [-0.4, -0.2) is 63.5 Å². The van der Waals surface area contributed by atoms with Crippen molar-refractivity contribution in [2.45, 2.75) is 59.0 Å². The van der Waals surface area contributed by atoms with Gasteiger partial charge < -0.3 is 20.4 Å². The smallest absolute Gasteiger partial charge is 0.318 e. The molecule has 1 unspecified atom stereocenters. The lowest BCUT2D eigenvalue weighted by Crippen LogP contribution is -2.54. The van der Waals surface area contributed by atoms with Crippen LogP contribution in [0.2, 0.25) is 0 Å². The fourth-order valence-electron chi connectivity index (χ4n) is 6.62. The number of aromatic amines is 1. The van der Waals surface area contributed by atoms with Crippen LogP contribution in [0.15, 0.2) is 42.6 Å². The average Bonchev–Trinajstić information content (AvgIpc) is 3.37. The quantitative estimate of drug-likeness (QED) is 0.463. The summed E-state index contributed by atoms with van der Waals surface area (Å²) in [6, 6.07) is 11.2. The van der Waals surface area contributed by atoms with Gasteiger partial charge in [0, 0.05) is 49.6 Å². The molecule has 0 radical (unpaired) electrons. The van der Waals surface area contributed by atoms with Crippen molar-refractivity contribution in [3.05, 3.63) is 59.3 Å². The summed E-state index contributed by atoms with van der Waals surface area (Å²) >= 11 is 0. The number of benzene rings is 2. The summed E-state index contributed by atoms with van der Waals surface area (Å²) in [5, 5.41) is 14.4. The third-order valence-electron chi connectivity index (χ3n) is 8.63. The van der Waals surface area contributed by atoms with Crippen molar-refractivity contribution in [2.24, 2.45) is 17.3 Å². The molecule has 2 atom stereocenters. The number of nitrogens with zero attached hydrogens (tertiary/aromatic N) is 3. The predicted octanol–water partition coefficient (Wildman–Crippen LogP) is 4.09. The first kappa shape index (κ1) is 26.3.